The Balaban J connectivity index is 1.60. The lowest BCUT2D eigenvalue weighted by Crippen LogP contribution is -2.50. The van der Waals surface area contributed by atoms with E-state index < -0.39 is 0 Å². The van der Waals surface area contributed by atoms with E-state index in [1.165, 1.54) is 11.3 Å². The van der Waals surface area contributed by atoms with Gasteiger partial charge in [0.25, 0.3) is 11.8 Å². The van der Waals surface area contributed by atoms with E-state index in [1.54, 1.807) is 21.4 Å². The SMILES string of the molecule is Cc1ccc(C(=O)N2CCN(C(=O)c3nccs3)CC2)cc1. The van der Waals surface area contributed by atoms with Gasteiger partial charge in [-0.1, -0.05) is 17.7 Å². The van der Waals surface area contributed by atoms with Gasteiger partial charge in [-0.15, -0.1) is 11.3 Å². The molecule has 0 atom stereocenters. The molecule has 1 aliphatic rings. The lowest BCUT2D eigenvalue weighted by molar-refractivity contribution is 0.0535. The number of amides is 2. The lowest BCUT2D eigenvalue weighted by Gasteiger charge is -2.34. The highest BCUT2D eigenvalue weighted by Gasteiger charge is 2.26. The van der Waals surface area contributed by atoms with Crippen LogP contribution in [0.15, 0.2) is 35.8 Å². The van der Waals surface area contributed by atoms with Gasteiger partial charge in [-0.25, -0.2) is 4.98 Å². The number of hydrogen-bond donors (Lipinski definition) is 0. The van der Waals surface area contributed by atoms with Gasteiger partial charge in [0.2, 0.25) is 0 Å². The molecule has 0 bridgehead atoms. The van der Waals surface area contributed by atoms with E-state index in [0.29, 0.717) is 36.8 Å². The molecule has 114 valence electrons. The highest BCUT2D eigenvalue weighted by molar-refractivity contribution is 7.11. The molecule has 1 aromatic carbocycles. The Bertz CT molecular complexity index is 659. The van der Waals surface area contributed by atoms with Gasteiger partial charge in [-0.05, 0) is 19.1 Å². The van der Waals surface area contributed by atoms with E-state index in [1.807, 2.05) is 31.2 Å². The van der Waals surface area contributed by atoms with Crippen LogP contribution < -0.4 is 0 Å². The molecule has 6 heteroatoms. The quantitative estimate of drug-likeness (QED) is 0.852. The molecular formula is C16H17N3O2S. The summed E-state index contributed by atoms with van der Waals surface area (Å²) in [6.07, 6.45) is 1.63. The number of carbonyl (C=O) groups excluding carboxylic acids is 2. The van der Waals surface area contributed by atoms with Gasteiger partial charge in [-0.3, -0.25) is 9.59 Å². The van der Waals surface area contributed by atoms with Crippen LogP contribution in [-0.4, -0.2) is 52.8 Å². The Kier molecular flexibility index (Phi) is 4.20. The van der Waals surface area contributed by atoms with Crippen LogP contribution in [0, 0.1) is 6.92 Å². The Morgan fingerprint density at radius 2 is 1.59 bits per heavy atom. The molecule has 0 saturated carbocycles. The first-order valence-electron chi connectivity index (χ1n) is 7.20. The van der Waals surface area contributed by atoms with Crippen LogP contribution in [0.1, 0.15) is 25.7 Å². The van der Waals surface area contributed by atoms with Crippen LogP contribution >= 0.6 is 11.3 Å². The fourth-order valence-corrected chi connectivity index (χ4v) is 3.06. The van der Waals surface area contributed by atoms with Crippen LogP contribution in [0.25, 0.3) is 0 Å². The van der Waals surface area contributed by atoms with Crippen molar-refractivity contribution >= 4 is 23.2 Å². The van der Waals surface area contributed by atoms with E-state index in [0.717, 1.165) is 5.56 Å². The van der Waals surface area contributed by atoms with Gasteiger partial charge in [-0.2, -0.15) is 0 Å². The molecule has 1 aromatic heterocycles. The number of aromatic nitrogens is 1. The highest BCUT2D eigenvalue weighted by Crippen LogP contribution is 2.13. The standard InChI is InChI=1S/C16H17N3O2S/c1-12-2-4-13(5-3-12)15(20)18-7-9-19(10-8-18)16(21)14-17-6-11-22-14/h2-6,11H,7-10H2,1H3. The summed E-state index contributed by atoms with van der Waals surface area (Å²) in [7, 11) is 0. The second kappa shape index (κ2) is 6.27. The molecule has 22 heavy (non-hydrogen) atoms. The summed E-state index contributed by atoms with van der Waals surface area (Å²) in [4.78, 5) is 32.3. The third-order valence-corrected chi connectivity index (χ3v) is 4.53. The van der Waals surface area contributed by atoms with Crippen LogP contribution in [0.2, 0.25) is 0 Å². The van der Waals surface area contributed by atoms with Crippen LogP contribution in [-0.2, 0) is 0 Å². The van der Waals surface area contributed by atoms with E-state index in [4.69, 9.17) is 0 Å². The van der Waals surface area contributed by atoms with Gasteiger partial charge in [0.1, 0.15) is 0 Å². The summed E-state index contributed by atoms with van der Waals surface area (Å²) >= 11 is 1.35. The largest absolute Gasteiger partial charge is 0.335 e. The first kappa shape index (κ1) is 14.7. The van der Waals surface area contributed by atoms with Gasteiger partial charge in [0.15, 0.2) is 5.01 Å². The van der Waals surface area contributed by atoms with E-state index in [2.05, 4.69) is 4.98 Å². The second-order valence-electron chi connectivity index (χ2n) is 5.29. The maximum Gasteiger partial charge on any atom is 0.282 e. The number of rotatable bonds is 2. The molecule has 5 nitrogen and oxygen atoms in total. The normalized spacial score (nSPS) is 15.0. The first-order valence-corrected chi connectivity index (χ1v) is 8.08. The maximum atomic E-state index is 12.4. The number of hydrogen-bond acceptors (Lipinski definition) is 4. The number of nitrogens with zero attached hydrogens (tertiary/aromatic N) is 3. The third kappa shape index (κ3) is 3.01. The zero-order valence-corrected chi connectivity index (χ0v) is 13.2. The van der Waals surface area contributed by atoms with Crippen molar-refractivity contribution in [3.8, 4) is 0 Å². The maximum absolute atomic E-state index is 12.4. The van der Waals surface area contributed by atoms with Crippen molar-refractivity contribution in [3.63, 3.8) is 0 Å². The Morgan fingerprint density at radius 1 is 1.00 bits per heavy atom. The fraction of sp³-hybridized carbons (Fsp3) is 0.312. The third-order valence-electron chi connectivity index (χ3n) is 3.77. The van der Waals surface area contributed by atoms with Crippen LogP contribution in [0.3, 0.4) is 0 Å². The van der Waals surface area contributed by atoms with Crippen molar-refractivity contribution < 1.29 is 9.59 Å². The first-order chi connectivity index (χ1) is 10.6. The Hall–Kier alpha value is -2.21. The number of piperazine rings is 1. The summed E-state index contributed by atoms with van der Waals surface area (Å²) in [5, 5.41) is 2.31. The minimum atomic E-state index is -0.0440. The van der Waals surface area contributed by atoms with Gasteiger partial charge >= 0.3 is 0 Å². The average molecular weight is 315 g/mol. The van der Waals surface area contributed by atoms with Crippen molar-refractivity contribution in [1.82, 2.24) is 14.8 Å². The summed E-state index contributed by atoms with van der Waals surface area (Å²) in [6, 6.07) is 7.58. The molecule has 1 saturated heterocycles. The predicted octanol–water partition coefficient (Wildman–Crippen LogP) is 2.05. The molecule has 0 N–H and O–H groups in total. The zero-order valence-electron chi connectivity index (χ0n) is 12.4. The fourth-order valence-electron chi connectivity index (χ4n) is 2.46. The summed E-state index contributed by atoms with van der Waals surface area (Å²) < 4.78 is 0. The topological polar surface area (TPSA) is 53.5 Å². The monoisotopic (exact) mass is 315 g/mol. The summed E-state index contributed by atoms with van der Waals surface area (Å²) in [5.74, 6) is -0.0150. The molecule has 2 heterocycles. The molecule has 0 aliphatic carbocycles. The number of benzene rings is 1. The van der Waals surface area contributed by atoms with Crippen molar-refractivity contribution in [2.45, 2.75) is 6.92 Å². The van der Waals surface area contributed by atoms with Crippen molar-refractivity contribution in [2.75, 3.05) is 26.2 Å². The molecule has 2 amide bonds. The second-order valence-corrected chi connectivity index (χ2v) is 6.18. The van der Waals surface area contributed by atoms with E-state index in [9.17, 15) is 9.59 Å². The number of thiazole rings is 1. The molecule has 1 fully saturated rings. The molecule has 2 aromatic rings. The van der Waals surface area contributed by atoms with Gasteiger partial charge in [0, 0.05) is 43.3 Å². The minimum absolute atomic E-state index is 0.0290. The number of carbonyl (C=O) groups is 2. The average Bonchev–Trinajstić information content (AvgIpc) is 3.09. The van der Waals surface area contributed by atoms with Gasteiger partial charge in [0.05, 0.1) is 0 Å². The highest BCUT2D eigenvalue weighted by atomic mass is 32.1. The molecule has 0 spiro atoms. The van der Waals surface area contributed by atoms with E-state index in [-0.39, 0.29) is 11.8 Å². The van der Waals surface area contributed by atoms with Crippen molar-refractivity contribution in [2.24, 2.45) is 0 Å². The Labute approximate surface area is 133 Å². The Morgan fingerprint density at radius 3 is 2.14 bits per heavy atom. The molecule has 0 radical (unpaired) electrons. The molecule has 3 rings (SSSR count). The molecule has 1 aliphatic heterocycles. The molecular weight excluding hydrogens is 298 g/mol. The summed E-state index contributed by atoms with van der Waals surface area (Å²) in [6.45, 7) is 4.22. The molecule has 0 unspecified atom stereocenters. The van der Waals surface area contributed by atoms with Crippen molar-refractivity contribution in [3.05, 3.63) is 52.0 Å². The smallest absolute Gasteiger partial charge is 0.282 e. The lowest BCUT2D eigenvalue weighted by atomic mass is 10.1. The summed E-state index contributed by atoms with van der Waals surface area (Å²) in [5.41, 5.74) is 1.83. The van der Waals surface area contributed by atoms with E-state index >= 15 is 0 Å². The van der Waals surface area contributed by atoms with Crippen LogP contribution in [0.4, 0.5) is 0 Å². The zero-order chi connectivity index (χ0) is 15.5. The van der Waals surface area contributed by atoms with Crippen molar-refractivity contribution in [1.29, 1.82) is 0 Å². The number of aryl methyl sites for hydroxylation is 1. The predicted molar refractivity (Wildman–Crippen MR) is 85.1 cm³/mol. The van der Waals surface area contributed by atoms with Crippen LogP contribution in [0.5, 0.6) is 0 Å². The van der Waals surface area contributed by atoms with Gasteiger partial charge < -0.3 is 9.80 Å². The minimum Gasteiger partial charge on any atom is -0.335 e.